The molecule has 0 radical (unpaired) electrons. The Bertz CT molecular complexity index is 768. The highest BCUT2D eigenvalue weighted by atomic mass is 16.2. The topological polar surface area (TPSA) is 64.0 Å². The summed E-state index contributed by atoms with van der Waals surface area (Å²) in [6, 6.07) is 7.49. The Hall–Kier alpha value is -2.17. The van der Waals surface area contributed by atoms with Crippen LogP contribution in [-0.4, -0.2) is 21.7 Å². The van der Waals surface area contributed by atoms with Gasteiger partial charge in [0.15, 0.2) is 0 Å². The van der Waals surface area contributed by atoms with Crippen molar-refractivity contribution in [3.05, 3.63) is 40.7 Å². The highest BCUT2D eigenvalue weighted by Crippen LogP contribution is 2.29. The van der Waals surface area contributed by atoms with E-state index in [1.165, 1.54) is 12.6 Å². The van der Waals surface area contributed by atoms with Crippen molar-refractivity contribution >= 4 is 16.8 Å². The molecular formula is C18H23N3O2. The van der Waals surface area contributed by atoms with E-state index >= 15 is 0 Å². The first-order valence-electron chi connectivity index (χ1n) is 8.30. The standard InChI is InChI=1S/C18H23N3O2/c1-12-6-5-8-15(13(12)2)20-18(23)11-21-16-9-4-3-7-14(16)17(22)10-19-21/h3-4,7,9-10,12-13,15H,5-6,8,11H2,1-2H3,(H,20,23). The zero-order chi connectivity index (χ0) is 16.4. The third-order valence-electron chi connectivity index (χ3n) is 5.11. The highest BCUT2D eigenvalue weighted by Gasteiger charge is 2.28. The maximum absolute atomic E-state index is 12.4. The number of aromatic nitrogens is 2. The number of amides is 1. The Labute approximate surface area is 135 Å². The second kappa shape index (κ2) is 6.52. The monoisotopic (exact) mass is 313 g/mol. The Kier molecular flexibility index (Phi) is 4.46. The Morgan fingerprint density at radius 3 is 2.91 bits per heavy atom. The summed E-state index contributed by atoms with van der Waals surface area (Å²) in [7, 11) is 0. The third kappa shape index (κ3) is 3.28. The van der Waals surface area contributed by atoms with Gasteiger partial charge in [0.05, 0.1) is 11.7 Å². The molecule has 1 heterocycles. The fraction of sp³-hybridized carbons (Fsp3) is 0.500. The van der Waals surface area contributed by atoms with E-state index in [1.807, 2.05) is 18.2 Å². The molecule has 1 aromatic carbocycles. The summed E-state index contributed by atoms with van der Waals surface area (Å²) in [5, 5.41) is 7.86. The molecule has 1 aliphatic carbocycles. The summed E-state index contributed by atoms with van der Waals surface area (Å²) < 4.78 is 1.60. The zero-order valence-corrected chi connectivity index (χ0v) is 13.7. The van der Waals surface area contributed by atoms with E-state index in [0.717, 1.165) is 12.8 Å². The molecule has 0 bridgehead atoms. The first-order valence-corrected chi connectivity index (χ1v) is 8.30. The minimum atomic E-state index is -0.119. The van der Waals surface area contributed by atoms with Crippen LogP contribution in [0.15, 0.2) is 35.3 Å². The van der Waals surface area contributed by atoms with Crippen molar-refractivity contribution in [3.8, 4) is 0 Å². The van der Waals surface area contributed by atoms with Crippen LogP contribution >= 0.6 is 0 Å². The van der Waals surface area contributed by atoms with Gasteiger partial charge in [-0.2, -0.15) is 5.10 Å². The number of rotatable bonds is 3. The normalized spacial score (nSPS) is 24.5. The van der Waals surface area contributed by atoms with Gasteiger partial charge in [0.1, 0.15) is 6.54 Å². The maximum Gasteiger partial charge on any atom is 0.241 e. The molecule has 0 spiro atoms. The third-order valence-corrected chi connectivity index (χ3v) is 5.11. The van der Waals surface area contributed by atoms with Gasteiger partial charge in [-0.05, 0) is 30.4 Å². The van der Waals surface area contributed by atoms with Crippen molar-refractivity contribution in [2.45, 2.75) is 45.7 Å². The molecule has 1 aliphatic rings. The highest BCUT2D eigenvalue weighted by molar-refractivity contribution is 5.81. The van der Waals surface area contributed by atoms with Gasteiger partial charge in [0.25, 0.3) is 0 Å². The van der Waals surface area contributed by atoms with Gasteiger partial charge in [0.2, 0.25) is 11.3 Å². The van der Waals surface area contributed by atoms with Crippen molar-refractivity contribution in [2.24, 2.45) is 11.8 Å². The van der Waals surface area contributed by atoms with Crippen molar-refractivity contribution in [1.29, 1.82) is 0 Å². The van der Waals surface area contributed by atoms with E-state index in [-0.39, 0.29) is 23.9 Å². The minimum Gasteiger partial charge on any atom is -0.351 e. The van der Waals surface area contributed by atoms with Gasteiger partial charge in [-0.3, -0.25) is 14.3 Å². The van der Waals surface area contributed by atoms with Crippen LogP contribution in [0, 0.1) is 11.8 Å². The first kappa shape index (κ1) is 15.7. The van der Waals surface area contributed by atoms with Gasteiger partial charge in [-0.15, -0.1) is 0 Å². The number of nitrogens with one attached hydrogen (secondary N) is 1. The summed E-state index contributed by atoms with van der Waals surface area (Å²) in [4.78, 5) is 24.2. The van der Waals surface area contributed by atoms with Gasteiger partial charge in [-0.25, -0.2) is 0 Å². The number of carbonyl (C=O) groups excluding carboxylic acids is 1. The first-order chi connectivity index (χ1) is 11.1. The summed E-state index contributed by atoms with van der Waals surface area (Å²) in [6.45, 7) is 4.60. The molecule has 1 N–H and O–H groups in total. The van der Waals surface area contributed by atoms with E-state index in [0.29, 0.717) is 22.7 Å². The summed E-state index contributed by atoms with van der Waals surface area (Å²) in [5.41, 5.74) is 0.576. The Balaban J connectivity index is 1.76. The van der Waals surface area contributed by atoms with Crippen LogP contribution < -0.4 is 10.7 Å². The van der Waals surface area contributed by atoms with Gasteiger partial charge >= 0.3 is 0 Å². The van der Waals surface area contributed by atoms with Crippen LogP contribution in [0.4, 0.5) is 0 Å². The largest absolute Gasteiger partial charge is 0.351 e. The quantitative estimate of drug-likeness (QED) is 0.946. The van der Waals surface area contributed by atoms with Crippen LogP contribution in [0.3, 0.4) is 0 Å². The van der Waals surface area contributed by atoms with E-state index in [9.17, 15) is 9.59 Å². The van der Waals surface area contributed by atoms with Crippen LogP contribution in [0.1, 0.15) is 33.1 Å². The number of hydrogen-bond donors (Lipinski definition) is 1. The lowest BCUT2D eigenvalue weighted by Crippen LogP contribution is -2.45. The molecule has 1 saturated carbocycles. The van der Waals surface area contributed by atoms with E-state index < -0.39 is 0 Å². The Morgan fingerprint density at radius 1 is 1.30 bits per heavy atom. The van der Waals surface area contributed by atoms with Crippen LogP contribution in [-0.2, 0) is 11.3 Å². The van der Waals surface area contributed by atoms with Gasteiger partial charge < -0.3 is 5.32 Å². The van der Waals surface area contributed by atoms with E-state index in [4.69, 9.17) is 0 Å². The van der Waals surface area contributed by atoms with Gasteiger partial charge in [0, 0.05) is 11.4 Å². The lowest BCUT2D eigenvalue weighted by atomic mass is 9.78. The molecule has 5 heteroatoms. The molecule has 1 amide bonds. The average molecular weight is 313 g/mol. The fourth-order valence-corrected chi connectivity index (χ4v) is 3.46. The van der Waals surface area contributed by atoms with Crippen molar-refractivity contribution < 1.29 is 4.79 Å². The minimum absolute atomic E-state index is 0.0442. The van der Waals surface area contributed by atoms with Crippen LogP contribution in [0.5, 0.6) is 0 Å². The molecule has 1 aromatic heterocycles. The molecule has 0 aliphatic heterocycles. The lowest BCUT2D eigenvalue weighted by Gasteiger charge is -2.34. The number of fused-ring (bicyclic) bond motifs is 1. The smallest absolute Gasteiger partial charge is 0.241 e. The average Bonchev–Trinajstić information content (AvgIpc) is 2.55. The van der Waals surface area contributed by atoms with Crippen LogP contribution in [0.2, 0.25) is 0 Å². The van der Waals surface area contributed by atoms with E-state index in [1.54, 1.807) is 10.7 Å². The molecule has 1 fully saturated rings. The Morgan fingerprint density at radius 2 is 2.09 bits per heavy atom. The molecular weight excluding hydrogens is 290 g/mol. The van der Waals surface area contributed by atoms with Crippen molar-refractivity contribution in [1.82, 2.24) is 15.1 Å². The van der Waals surface area contributed by atoms with Crippen molar-refractivity contribution in [3.63, 3.8) is 0 Å². The number of para-hydroxylation sites is 1. The molecule has 3 atom stereocenters. The summed E-state index contributed by atoms with van der Waals surface area (Å²) >= 11 is 0. The van der Waals surface area contributed by atoms with Crippen LogP contribution in [0.25, 0.3) is 10.9 Å². The maximum atomic E-state index is 12.4. The second-order valence-corrected chi connectivity index (χ2v) is 6.62. The molecule has 23 heavy (non-hydrogen) atoms. The summed E-state index contributed by atoms with van der Waals surface area (Å²) in [5.74, 6) is 1.09. The predicted molar refractivity (Wildman–Crippen MR) is 90.1 cm³/mol. The zero-order valence-electron chi connectivity index (χ0n) is 13.7. The second-order valence-electron chi connectivity index (χ2n) is 6.62. The predicted octanol–water partition coefficient (Wildman–Crippen LogP) is 2.34. The number of nitrogens with zero attached hydrogens (tertiary/aromatic N) is 2. The SMILES string of the molecule is CC1CCCC(NC(=O)Cn2ncc(=O)c3ccccc32)C1C. The summed E-state index contributed by atoms with van der Waals surface area (Å²) in [6.07, 6.45) is 4.71. The molecule has 2 aromatic rings. The molecule has 122 valence electrons. The fourth-order valence-electron chi connectivity index (χ4n) is 3.46. The van der Waals surface area contributed by atoms with Crippen molar-refractivity contribution in [2.75, 3.05) is 0 Å². The van der Waals surface area contributed by atoms with Gasteiger partial charge in [-0.1, -0.05) is 38.8 Å². The molecule has 3 rings (SSSR count). The number of carbonyl (C=O) groups is 1. The molecule has 0 saturated heterocycles. The number of benzene rings is 1. The molecule has 3 unspecified atom stereocenters. The molecule has 5 nitrogen and oxygen atoms in total. The lowest BCUT2D eigenvalue weighted by molar-refractivity contribution is -0.123. The van der Waals surface area contributed by atoms with E-state index in [2.05, 4.69) is 24.3 Å². The number of hydrogen-bond acceptors (Lipinski definition) is 3.